The molecule has 0 spiro atoms. The van der Waals surface area contributed by atoms with Crippen molar-refractivity contribution in [2.45, 2.75) is 95.8 Å². The van der Waals surface area contributed by atoms with Gasteiger partial charge < -0.3 is 34.1 Å². The number of carbonyl (C=O) groups excluding carboxylic acids is 2. The maximum atomic E-state index is 15.1. The lowest BCUT2D eigenvalue weighted by molar-refractivity contribution is -0.140. The monoisotopic (exact) mass is 841 g/mol. The molecule has 2 bridgehead atoms. The number of carbonyl (C=O) groups is 2. The molecule has 0 aromatic heterocycles. The van der Waals surface area contributed by atoms with Gasteiger partial charge in [-0.25, -0.2) is 4.39 Å². The molecular formula is C49H57ClFNO8. The van der Waals surface area contributed by atoms with Gasteiger partial charge in [0.1, 0.15) is 17.3 Å². The van der Waals surface area contributed by atoms with Gasteiger partial charge in [-0.15, -0.1) is 0 Å². The van der Waals surface area contributed by atoms with E-state index >= 15 is 4.39 Å². The third kappa shape index (κ3) is 9.67. The van der Waals surface area contributed by atoms with E-state index in [0.717, 1.165) is 22.3 Å². The van der Waals surface area contributed by atoms with Gasteiger partial charge in [-0.1, -0.05) is 54.4 Å². The summed E-state index contributed by atoms with van der Waals surface area (Å²) in [5.41, 5.74) is 2.45. The topological polar surface area (TPSA) is 115 Å². The summed E-state index contributed by atoms with van der Waals surface area (Å²) in [6, 6.07) is 20.9. The third-order valence-corrected chi connectivity index (χ3v) is 13.2. The summed E-state index contributed by atoms with van der Waals surface area (Å²) >= 11 is 6.43. The highest BCUT2D eigenvalue weighted by Crippen LogP contribution is 2.59. The van der Waals surface area contributed by atoms with Gasteiger partial charge in [-0.05, 0) is 117 Å². The van der Waals surface area contributed by atoms with Crippen LogP contribution in [-0.4, -0.2) is 73.5 Å². The third-order valence-electron chi connectivity index (χ3n) is 12.8. The smallest absolute Gasteiger partial charge is 0.227 e. The van der Waals surface area contributed by atoms with Crippen molar-refractivity contribution >= 4 is 23.3 Å². The SMILES string of the molecule is COc1ccc(CN(CC2(O)CCC3c4ccc(cc4C(=O)Cc4c(F)cccc4Cl)CC(O)CCC(C)=CCCC32C)C(=O)Cc2ccc(OC)c(OC)c2)c(OC)c1. The second kappa shape index (κ2) is 19.2. The maximum Gasteiger partial charge on any atom is 0.227 e. The Balaban J connectivity index is 1.43. The van der Waals surface area contributed by atoms with E-state index in [2.05, 4.69) is 19.9 Å². The molecule has 7 rings (SSSR count). The fourth-order valence-corrected chi connectivity index (χ4v) is 9.44. The molecule has 60 heavy (non-hydrogen) atoms. The molecule has 1 amide bonds. The van der Waals surface area contributed by atoms with Crippen LogP contribution in [0.15, 0.2) is 84.4 Å². The van der Waals surface area contributed by atoms with Gasteiger partial charge >= 0.3 is 0 Å². The number of amides is 1. The molecule has 0 aliphatic heterocycles. The summed E-state index contributed by atoms with van der Waals surface area (Å²) in [4.78, 5) is 30.8. The molecule has 4 aromatic rings. The highest BCUT2D eigenvalue weighted by molar-refractivity contribution is 6.31. The number of methoxy groups -OCH3 is 4. The highest BCUT2D eigenvalue weighted by atomic mass is 35.5. The van der Waals surface area contributed by atoms with E-state index < -0.39 is 22.9 Å². The van der Waals surface area contributed by atoms with Crippen molar-refractivity contribution < 1.29 is 43.1 Å². The van der Waals surface area contributed by atoms with Crippen LogP contribution < -0.4 is 18.9 Å². The first-order valence-electron chi connectivity index (χ1n) is 20.6. The molecule has 4 atom stereocenters. The predicted molar refractivity (Wildman–Crippen MR) is 231 cm³/mol. The lowest BCUT2D eigenvalue weighted by atomic mass is 9.64. The van der Waals surface area contributed by atoms with Crippen molar-refractivity contribution in [3.8, 4) is 23.0 Å². The zero-order chi connectivity index (χ0) is 43.2. The van der Waals surface area contributed by atoms with Gasteiger partial charge in [0.05, 0.1) is 53.1 Å². The Morgan fingerprint density at radius 3 is 2.37 bits per heavy atom. The standard InChI is InChI=1S/C49H57ClFNO8/c1-31-9-8-21-48(2)40(37-18-13-32(23-35(53)16-12-31)24-38(37)43(54)28-39-41(50)10-7-11-42(39)51)20-22-49(48,56)30-52(29-34-15-17-36(57-3)27-45(34)59-5)47(55)26-33-14-19-44(58-4)46(25-33)60-6/h7,9-11,13-15,17-19,24-25,27,35,40,53,56H,8,12,16,20-23,26,28-30H2,1-6H3. The molecule has 0 saturated heterocycles. The zero-order valence-corrected chi connectivity index (χ0v) is 36.2. The first-order chi connectivity index (χ1) is 28.7. The lowest BCUT2D eigenvalue weighted by Crippen LogP contribution is -2.53. The van der Waals surface area contributed by atoms with Crippen LogP contribution in [0.4, 0.5) is 4.39 Å². The van der Waals surface area contributed by atoms with E-state index in [-0.39, 0.29) is 54.1 Å². The Kier molecular flexibility index (Phi) is 14.3. The number of ether oxygens (including phenoxy) is 4. The quantitative estimate of drug-likeness (QED) is 0.101. The molecule has 1 fully saturated rings. The highest BCUT2D eigenvalue weighted by Gasteiger charge is 2.57. The molecule has 1 saturated carbocycles. The van der Waals surface area contributed by atoms with Crippen LogP contribution in [0.2, 0.25) is 5.02 Å². The summed E-state index contributed by atoms with van der Waals surface area (Å²) in [6.45, 7) is 4.28. The van der Waals surface area contributed by atoms with Gasteiger partial charge in [0.25, 0.3) is 0 Å². The number of aliphatic hydroxyl groups is 2. The molecule has 3 aliphatic carbocycles. The Bertz CT molecular complexity index is 2210. The van der Waals surface area contributed by atoms with Crippen LogP contribution in [0.3, 0.4) is 0 Å². The average Bonchev–Trinajstić information content (AvgIpc) is 3.49. The molecular weight excluding hydrogens is 785 g/mol. The molecule has 3 aliphatic rings. The number of aliphatic hydroxyl groups excluding tert-OH is 1. The minimum absolute atomic E-state index is 0.00237. The summed E-state index contributed by atoms with van der Waals surface area (Å²) in [6.07, 6.45) is 5.01. The molecule has 0 heterocycles. The minimum Gasteiger partial charge on any atom is -0.497 e. The second-order valence-corrected chi connectivity index (χ2v) is 16.9. The van der Waals surface area contributed by atoms with Crippen LogP contribution in [0.5, 0.6) is 23.0 Å². The number of hydrogen-bond donors (Lipinski definition) is 2. The van der Waals surface area contributed by atoms with Crippen LogP contribution in [0.1, 0.15) is 96.5 Å². The van der Waals surface area contributed by atoms with E-state index in [1.54, 1.807) is 57.6 Å². The Labute approximate surface area is 358 Å². The van der Waals surface area contributed by atoms with Gasteiger partial charge in [0.2, 0.25) is 5.91 Å². The van der Waals surface area contributed by atoms with Gasteiger partial charge in [0.15, 0.2) is 17.3 Å². The number of ketones is 1. The van der Waals surface area contributed by atoms with Crippen molar-refractivity contribution in [1.82, 2.24) is 4.90 Å². The number of nitrogens with zero attached hydrogens (tertiary/aromatic N) is 1. The summed E-state index contributed by atoms with van der Waals surface area (Å²) in [7, 11) is 6.25. The van der Waals surface area contributed by atoms with Crippen molar-refractivity contribution in [3.05, 3.63) is 129 Å². The molecule has 4 aromatic carbocycles. The summed E-state index contributed by atoms with van der Waals surface area (Å²) in [5.74, 6) is 0.820. The van der Waals surface area contributed by atoms with Crippen LogP contribution in [0.25, 0.3) is 0 Å². The predicted octanol–water partition coefficient (Wildman–Crippen LogP) is 9.25. The van der Waals surface area contributed by atoms with Gasteiger partial charge in [0, 0.05) is 46.2 Å². The van der Waals surface area contributed by atoms with Gasteiger partial charge in [-0.2, -0.15) is 0 Å². The molecule has 320 valence electrons. The maximum absolute atomic E-state index is 15.1. The molecule has 0 radical (unpaired) electrons. The molecule has 11 heteroatoms. The zero-order valence-electron chi connectivity index (χ0n) is 35.5. The largest absolute Gasteiger partial charge is 0.497 e. The lowest BCUT2D eigenvalue weighted by Gasteiger charge is -2.46. The fraction of sp³-hybridized carbons (Fsp3) is 0.429. The Hall–Kier alpha value is -4.90. The second-order valence-electron chi connectivity index (χ2n) is 16.5. The first-order valence-corrected chi connectivity index (χ1v) is 20.9. The first kappa shape index (κ1) is 44.6. The normalized spacial score (nSPS) is 21.7. The molecule has 4 unspecified atom stereocenters. The summed E-state index contributed by atoms with van der Waals surface area (Å²) < 4.78 is 37.3. The van der Waals surface area contributed by atoms with Crippen LogP contribution in [-0.2, 0) is 30.6 Å². The average molecular weight is 842 g/mol. The van der Waals surface area contributed by atoms with Crippen molar-refractivity contribution in [2.75, 3.05) is 35.0 Å². The summed E-state index contributed by atoms with van der Waals surface area (Å²) in [5, 5.41) is 24.5. The van der Waals surface area contributed by atoms with Crippen molar-refractivity contribution in [1.29, 1.82) is 0 Å². The molecule has 2 N–H and O–H groups in total. The Morgan fingerprint density at radius 2 is 1.65 bits per heavy atom. The number of rotatable bonds is 13. The number of fused-ring (bicyclic) bond motifs is 8. The van der Waals surface area contributed by atoms with E-state index in [1.807, 2.05) is 36.4 Å². The number of allylic oxidation sites excluding steroid dienone is 2. The number of benzene rings is 4. The van der Waals surface area contributed by atoms with Crippen LogP contribution in [0, 0.1) is 11.2 Å². The van der Waals surface area contributed by atoms with Crippen LogP contribution >= 0.6 is 11.6 Å². The van der Waals surface area contributed by atoms with E-state index in [0.29, 0.717) is 79.1 Å². The number of Topliss-reactive ketones (excluding diaryl/α,β-unsaturated/α-hetero) is 1. The van der Waals surface area contributed by atoms with E-state index in [1.165, 1.54) is 12.1 Å². The minimum atomic E-state index is -1.41. The van der Waals surface area contributed by atoms with Gasteiger partial charge in [-0.3, -0.25) is 9.59 Å². The fourth-order valence-electron chi connectivity index (χ4n) is 9.21. The number of halogens is 2. The molecule has 9 nitrogen and oxygen atoms in total. The van der Waals surface area contributed by atoms with Crippen molar-refractivity contribution in [2.24, 2.45) is 5.41 Å². The Morgan fingerprint density at radius 1 is 0.883 bits per heavy atom. The van der Waals surface area contributed by atoms with Crippen molar-refractivity contribution in [3.63, 3.8) is 0 Å². The van der Waals surface area contributed by atoms with E-state index in [4.69, 9.17) is 30.5 Å². The number of hydrogen-bond acceptors (Lipinski definition) is 8. The van der Waals surface area contributed by atoms with E-state index in [9.17, 15) is 19.8 Å².